The Morgan fingerprint density at radius 2 is 2.11 bits per heavy atom. The van der Waals surface area contributed by atoms with Crippen LogP contribution in [0.25, 0.3) is 11.0 Å². The lowest BCUT2D eigenvalue weighted by Gasteiger charge is -2.32. The van der Waals surface area contributed by atoms with Gasteiger partial charge in [-0.15, -0.1) is 0 Å². The molecule has 3 aromatic rings. The SMILES string of the molecule is CC(C)Oc1cc(Br)ccc1C(=O)N1CCCC(c2nc3ccccc3[nH]2)C1. The Morgan fingerprint density at radius 1 is 1.29 bits per heavy atom. The molecule has 1 amide bonds. The molecule has 0 spiro atoms. The fourth-order valence-corrected chi connectivity index (χ4v) is 4.09. The summed E-state index contributed by atoms with van der Waals surface area (Å²) in [5, 5.41) is 0. The van der Waals surface area contributed by atoms with Crippen molar-refractivity contribution in [2.75, 3.05) is 13.1 Å². The number of halogens is 1. The molecule has 4 rings (SSSR count). The van der Waals surface area contributed by atoms with Gasteiger partial charge < -0.3 is 14.6 Å². The van der Waals surface area contributed by atoms with Gasteiger partial charge in [-0.1, -0.05) is 28.1 Å². The van der Waals surface area contributed by atoms with Gasteiger partial charge in [-0.2, -0.15) is 0 Å². The number of carbonyl (C=O) groups is 1. The van der Waals surface area contributed by atoms with Gasteiger partial charge in [0.15, 0.2) is 0 Å². The van der Waals surface area contributed by atoms with Crippen LogP contribution in [-0.2, 0) is 0 Å². The third-order valence-electron chi connectivity index (χ3n) is 5.04. The second-order valence-corrected chi connectivity index (χ2v) is 8.45. The number of likely N-dealkylation sites (tertiary alicyclic amines) is 1. The zero-order valence-electron chi connectivity index (χ0n) is 16.1. The topological polar surface area (TPSA) is 58.2 Å². The Bertz CT molecular complexity index is 965. The molecule has 0 aliphatic carbocycles. The highest BCUT2D eigenvalue weighted by Gasteiger charge is 2.29. The van der Waals surface area contributed by atoms with Crippen molar-refractivity contribution in [3.8, 4) is 5.75 Å². The van der Waals surface area contributed by atoms with E-state index in [9.17, 15) is 4.79 Å². The molecule has 0 radical (unpaired) electrons. The summed E-state index contributed by atoms with van der Waals surface area (Å²) in [7, 11) is 0. The number of para-hydroxylation sites is 2. The van der Waals surface area contributed by atoms with Crippen molar-refractivity contribution in [2.45, 2.75) is 38.7 Å². The molecule has 1 N–H and O–H groups in total. The fourth-order valence-electron chi connectivity index (χ4n) is 3.75. The van der Waals surface area contributed by atoms with Crippen molar-refractivity contribution >= 4 is 32.9 Å². The van der Waals surface area contributed by atoms with Crippen molar-refractivity contribution < 1.29 is 9.53 Å². The monoisotopic (exact) mass is 441 g/mol. The van der Waals surface area contributed by atoms with Gasteiger partial charge in [-0.3, -0.25) is 4.79 Å². The number of hydrogen-bond acceptors (Lipinski definition) is 3. The molecule has 0 bridgehead atoms. The van der Waals surface area contributed by atoms with Crippen LogP contribution in [0.4, 0.5) is 0 Å². The highest BCUT2D eigenvalue weighted by molar-refractivity contribution is 9.10. The Morgan fingerprint density at radius 3 is 2.89 bits per heavy atom. The van der Waals surface area contributed by atoms with Crippen LogP contribution < -0.4 is 4.74 Å². The maximum Gasteiger partial charge on any atom is 0.257 e. The average molecular weight is 442 g/mol. The standard InChI is InChI=1S/C22H24BrN3O2/c1-14(2)28-20-12-16(23)9-10-17(20)22(27)26-11-5-6-15(13-26)21-24-18-7-3-4-8-19(18)25-21/h3-4,7-10,12,14-15H,5-6,11,13H2,1-2H3,(H,24,25). The van der Waals surface area contributed by atoms with Crippen molar-refractivity contribution in [1.82, 2.24) is 14.9 Å². The summed E-state index contributed by atoms with van der Waals surface area (Å²) >= 11 is 3.47. The Hall–Kier alpha value is -2.34. The van der Waals surface area contributed by atoms with E-state index in [2.05, 4.69) is 20.9 Å². The zero-order valence-corrected chi connectivity index (χ0v) is 17.7. The van der Waals surface area contributed by atoms with Crippen molar-refractivity contribution in [3.05, 3.63) is 58.3 Å². The van der Waals surface area contributed by atoms with E-state index in [4.69, 9.17) is 9.72 Å². The molecule has 2 heterocycles. The van der Waals surface area contributed by atoms with Gasteiger partial charge in [0.2, 0.25) is 0 Å². The van der Waals surface area contributed by atoms with Gasteiger partial charge in [0.05, 0.1) is 22.7 Å². The first-order chi connectivity index (χ1) is 13.5. The van der Waals surface area contributed by atoms with E-state index in [1.807, 2.05) is 61.2 Å². The van der Waals surface area contributed by atoms with Crippen LogP contribution in [0.3, 0.4) is 0 Å². The van der Waals surface area contributed by atoms with Crippen molar-refractivity contribution in [2.24, 2.45) is 0 Å². The molecule has 1 unspecified atom stereocenters. The molecular formula is C22H24BrN3O2. The van der Waals surface area contributed by atoms with E-state index in [1.165, 1.54) is 0 Å². The molecule has 1 aliphatic rings. The summed E-state index contributed by atoms with van der Waals surface area (Å²) < 4.78 is 6.79. The van der Waals surface area contributed by atoms with Gasteiger partial charge in [0, 0.05) is 23.5 Å². The van der Waals surface area contributed by atoms with Crippen LogP contribution in [0.1, 0.15) is 48.8 Å². The summed E-state index contributed by atoms with van der Waals surface area (Å²) in [6.45, 7) is 5.35. The number of fused-ring (bicyclic) bond motifs is 1. The minimum Gasteiger partial charge on any atom is -0.490 e. The largest absolute Gasteiger partial charge is 0.490 e. The Balaban J connectivity index is 1.57. The number of imidazole rings is 1. The number of amides is 1. The lowest BCUT2D eigenvalue weighted by molar-refractivity contribution is 0.0699. The summed E-state index contributed by atoms with van der Waals surface area (Å²) in [5.74, 6) is 1.83. The molecular weight excluding hydrogens is 418 g/mol. The third kappa shape index (κ3) is 3.92. The molecule has 2 aromatic carbocycles. The van der Waals surface area contributed by atoms with Crippen molar-refractivity contribution in [1.29, 1.82) is 0 Å². The second kappa shape index (κ2) is 7.95. The number of aromatic nitrogens is 2. The first-order valence-electron chi connectivity index (χ1n) is 9.71. The number of rotatable bonds is 4. The lowest BCUT2D eigenvalue weighted by Crippen LogP contribution is -2.39. The fraction of sp³-hybridized carbons (Fsp3) is 0.364. The summed E-state index contributed by atoms with van der Waals surface area (Å²) in [4.78, 5) is 23.4. The van der Waals surface area contributed by atoms with Gasteiger partial charge in [-0.25, -0.2) is 4.98 Å². The average Bonchev–Trinajstić information content (AvgIpc) is 3.12. The normalized spacial score (nSPS) is 17.3. The highest BCUT2D eigenvalue weighted by atomic mass is 79.9. The van der Waals surface area contributed by atoms with Crippen LogP contribution >= 0.6 is 15.9 Å². The van der Waals surface area contributed by atoms with Crippen LogP contribution in [0.15, 0.2) is 46.9 Å². The number of hydrogen-bond donors (Lipinski definition) is 1. The second-order valence-electron chi connectivity index (χ2n) is 7.54. The van der Waals surface area contributed by atoms with E-state index in [0.29, 0.717) is 17.9 Å². The van der Waals surface area contributed by atoms with Crippen LogP contribution in [0, 0.1) is 0 Å². The number of benzene rings is 2. The lowest BCUT2D eigenvalue weighted by atomic mass is 9.96. The van der Waals surface area contributed by atoms with E-state index < -0.39 is 0 Å². The summed E-state index contributed by atoms with van der Waals surface area (Å²) in [6.07, 6.45) is 1.99. The van der Waals surface area contributed by atoms with Crippen LogP contribution in [-0.4, -0.2) is 40.0 Å². The first kappa shape index (κ1) is 19.0. The Kier molecular flexibility index (Phi) is 5.40. The predicted molar refractivity (Wildman–Crippen MR) is 114 cm³/mol. The number of carbonyl (C=O) groups excluding carboxylic acids is 1. The Labute approximate surface area is 173 Å². The van der Waals surface area contributed by atoms with Gasteiger partial charge >= 0.3 is 0 Å². The molecule has 1 atom stereocenters. The van der Waals surface area contributed by atoms with Gasteiger partial charge in [0.25, 0.3) is 5.91 Å². The predicted octanol–water partition coefficient (Wildman–Crippen LogP) is 5.13. The molecule has 1 fully saturated rings. The first-order valence-corrected chi connectivity index (χ1v) is 10.5. The van der Waals surface area contributed by atoms with Crippen LogP contribution in [0.2, 0.25) is 0 Å². The van der Waals surface area contributed by atoms with Crippen molar-refractivity contribution in [3.63, 3.8) is 0 Å². The number of ether oxygens (including phenoxy) is 1. The number of nitrogens with one attached hydrogen (secondary N) is 1. The van der Waals surface area contributed by atoms with E-state index in [-0.39, 0.29) is 17.9 Å². The maximum atomic E-state index is 13.3. The number of aromatic amines is 1. The van der Waals surface area contributed by atoms with Gasteiger partial charge in [-0.05, 0) is 57.0 Å². The maximum absolute atomic E-state index is 13.3. The minimum absolute atomic E-state index is 0.00510. The van der Waals surface area contributed by atoms with Crippen LogP contribution in [0.5, 0.6) is 5.75 Å². The van der Waals surface area contributed by atoms with E-state index in [1.54, 1.807) is 0 Å². The number of piperidine rings is 1. The number of H-pyrrole nitrogens is 1. The number of nitrogens with zero attached hydrogens (tertiary/aromatic N) is 2. The molecule has 1 aromatic heterocycles. The zero-order chi connectivity index (χ0) is 19.7. The molecule has 6 heteroatoms. The summed E-state index contributed by atoms with van der Waals surface area (Å²) in [5.41, 5.74) is 2.63. The molecule has 1 saturated heterocycles. The highest BCUT2D eigenvalue weighted by Crippen LogP contribution is 2.30. The van der Waals surface area contributed by atoms with E-state index in [0.717, 1.165) is 40.7 Å². The quantitative estimate of drug-likeness (QED) is 0.609. The smallest absolute Gasteiger partial charge is 0.257 e. The van der Waals surface area contributed by atoms with Gasteiger partial charge in [0.1, 0.15) is 11.6 Å². The molecule has 146 valence electrons. The minimum atomic E-state index is 0.00510. The molecule has 5 nitrogen and oxygen atoms in total. The molecule has 28 heavy (non-hydrogen) atoms. The summed E-state index contributed by atoms with van der Waals surface area (Å²) in [6, 6.07) is 13.6. The third-order valence-corrected chi connectivity index (χ3v) is 5.53. The molecule has 1 aliphatic heterocycles. The molecule has 0 saturated carbocycles. The van der Waals surface area contributed by atoms with E-state index >= 15 is 0 Å².